The first-order valence-corrected chi connectivity index (χ1v) is 8.30. The number of para-hydroxylation sites is 1. The van der Waals surface area contributed by atoms with Gasteiger partial charge in [-0.2, -0.15) is 0 Å². The third kappa shape index (κ3) is 5.33. The molecule has 0 amide bonds. The zero-order valence-electron chi connectivity index (χ0n) is 13.3. The third-order valence-electron chi connectivity index (χ3n) is 4.16. The molecule has 2 N–H and O–H groups in total. The molecule has 1 saturated carbocycles. The Balaban J connectivity index is 1.90. The topological polar surface area (TPSA) is 41.5 Å². The van der Waals surface area contributed by atoms with E-state index in [1.165, 1.54) is 37.7 Å². The largest absolute Gasteiger partial charge is 0.491 e. The van der Waals surface area contributed by atoms with Gasteiger partial charge < -0.3 is 15.2 Å². The predicted octanol–water partition coefficient (Wildman–Crippen LogP) is 3.47. The number of aliphatic hydroxyl groups is 1. The second kappa shape index (κ2) is 8.40. The van der Waals surface area contributed by atoms with E-state index in [2.05, 4.69) is 31.3 Å². The first kappa shape index (κ1) is 16.3. The highest BCUT2D eigenvalue weighted by Crippen LogP contribution is 2.37. The maximum absolute atomic E-state index is 9.97. The fourth-order valence-electron chi connectivity index (χ4n) is 2.98. The molecular weight excluding hydrogens is 262 g/mol. The minimum Gasteiger partial charge on any atom is -0.491 e. The van der Waals surface area contributed by atoms with Crippen LogP contribution >= 0.6 is 0 Å². The average molecular weight is 291 g/mol. The highest BCUT2D eigenvalue weighted by atomic mass is 16.5. The summed E-state index contributed by atoms with van der Waals surface area (Å²) in [4.78, 5) is 0. The number of aliphatic hydroxyl groups excluding tert-OH is 1. The molecule has 0 aromatic heterocycles. The highest BCUT2D eigenvalue weighted by molar-refractivity contribution is 5.36. The number of benzene rings is 1. The zero-order valence-corrected chi connectivity index (χ0v) is 13.3. The lowest BCUT2D eigenvalue weighted by Gasteiger charge is -2.24. The lowest BCUT2D eigenvalue weighted by Crippen LogP contribution is -2.35. The molecule has 0 bridgehead atoms. The van der Waals surface area contributed by atoms with Crippen molar-refractivity contribution in [2.24, 2.45) is 0 Å². The van der Waals surface area contributed by atoms with Crippen LogP contribution < -0.4 is 10.1 Å². The van der Waals surface area contributed by atoms with Crippen LogP contribution in [0.3, 0.4) is 0 Å². The highest BCUT2D eigenvalue weighted by Gasteiger charge is 2.19. The van der Waals surface area contributed by atoms with Gasteiger partial charge in [0.05, 0.1) is 0 Å². The van der Waals surface area contributed by atoms with Gasteiger partial charge in [0.1, 0.15) is 18.5 Å². The van der Waals surface area contributed by atoms with E-state index in [9.17, 15) is 5.11 Å². The van der Waals surface area contributed by atoms with Crippen molar-refractivity contribution < 1.29 is 9.84 Å². The molecule has 1 aliphatic rings. The Morgan fingerprint density at radius 1 is 1.19 bits per heavy atom. The predicted molar refractivity (Wildman–Crippen MR) is 86.9 cm³/mol. The summed E-state index contributed by atoms with van der Waals surface area (Å²) in [5.41, 5.74) is 1.32. The maximum atomic E-state index is 9.97. The second-order valence-electron chi connectivity index (χ2n) is 6.40. The van der Waals surface area contributed by atoms with E-state index < -0.39 is 6.10 Å². The fraction of sp³-hybridized carbons (Fsp3) is 0.667. The average Bonchev–Trinajstić information content (AvgIpc) is 2.52. The Labute approximate surface area is 128 Å². The van der Waals surface area contributed by atoms with Gasteiger partial charge in [0.2, 0.25) is 0 Å². The summed E-state index contributed by atoms with van der Waals surface area (Å²) in [5, 5.41) is 13.2. The molecule has 21 heavy (non-hydrogen) atoms. The maximum Gasteiger partial charge on any atom is 0.122 e. The van der Waals surface area contributed by atoms with Gasteiger partial charge >= 0.3 is 0 Å². The second-order valence-corrected chi connectivity index (χ2v) is 6.40. The molecule has 1 aliphatic carbocycles. The van der Waals surface area contributed by atoms with Crippen LogP contribution in [0.25, 0.3) is 0 Å². The molecular formula is C18H29NO2. The fourth-order valence-corrected chi connectivity index (χ4v) is 2.98. The quantitative estimate of drug-likeness (QED) is 0.808. The summed E-state index contributed by atoms with van der Waals surface area (Å²) in [6.07, 6.45) is 6.06. The molecule has 1 atom stereocenters. The van der Waals surface area contributed by atoms with Crippen molar-refractivity contribution in [3.05, 3.63) is 29.8 Å². The smallest absolute Gasteiger partial charge is 0.122 e. The third-order valence-corrected chi connectivity index (χ3v) is 4.16. The van der Waals surface area contributed by atoms with Crippen LogP contribution in [0.5, 0.6) is 5.75 Å². The van der Waals surface area contributed by atoms with E-state index in [0.29, 0.717) is 25.1 Å². The van der Waals surface area contributed by atoms with E-state index in [0.717, 1.165) is 5.75 Å². The number of hydrogen-bond acceptors (Lipinski definition) is 3. The number of rotatable bonds is 7. The monoisotopic (exact) mass is 291 g/mol. The molecule has 3 heteroatoms. The molecule has 1 aromatic rings. The first-order valence-electron chi connectivity index (χ1n) is 8.30. The number of hydrogen-bond donors (Lipinski definition) is 2. The molecule has 0 unspecified atom stereocenters. The van der Waals surface area contributed by atoms with Crippen molar-refractivity contribution in [1.29, 1.82) is 0 Å². The van der Waals surface area contributed by atoms with Gasteiger partial charge in [-0.15, -0.1) is 0 Å². The summed E-state index contributed by atoms with van der Waals surface area (Å²) in [6, 6.07) is 8.71. The minimum atomic E-state index is -0.466. The molecule has 1 aromatic carbocycles. The Bertz CT molecular complexity index is 413. The normalized spacial score (nSPS) is 17.9. The summed E-state index contributed by atoms with van der Waals surface area (Å²) in [7, 11) is 0. The summed E-state index contributed by atoms with van der Waals surface area (Å²) < 4.78 is 5.89. The number of nitrogens with one attached hydrogen (secondary N) is 1. The Hall–Kier alpha value is -1.06. The van der Waals surface area contributed by atoms with Crippen LogP contribution in [0.4, 0.5) is 0 Å². The minimum absolute atomic E-state index is 0.351. The van der Waals surface area contributed by atoms with E-state index in [4.69, 9.17) is 4.74 Å². The molecule has 118 valence electrons. The van der Waals surface area contributed by atoms with Gasteiger partial charge in [0, 0.05) is 12.6 Å². The molecule has 2 rings (SSSR count). The van der Waals surface area contributed by atoms with Crippen molar-refractivity contribution in [1.82, 2.24) is 5.32 Å². The first-order chi connectivity index (χ1) is 10.2. The molecule has 0 spiro atoms. The van der Waals surface area contributed by atoms with Gasteiger partial charge in [0.25, 0.3) is 0 Å². The molecule has 0 aliphatic heterocycles. The van der Waals surface area contributed by atoms with Gasteiger partial charge in [-0.1, -0.05) is 51.3 Å². The molecule has 0 radical (unpaired) electrons. The molecule has 1 fully saturated rings. The van der Waals surface area contributed by atoms with Crippen molar-refractivity contribution in [3.63, 3.8) is 0 Å². The molecule has 0 saturated heterocycles. The summed E-state index contributed by atoms with van der Waals surface area (Å²) >= 11 is 0. The Morgan fingerprint density at radius 3 is 2.62 bits per heavy atom. The van der Waals surface area contributed by atoms with Gasteiger partial charge in [-0.25, -0.2) is 0 Å². The van der Waals surface area contributed by atoms with Gasteiger partial charge in [0.15, 0.2) is 0 Å². The SMILES string of the molecule is CC(C)NC[C@@H](O)COc1ccccc1C1CCCCC1. The summed E-state index contributed by atoms with van der Waals surface area (Å²) in [5.74, 6) is 1.58. The molecule has 0 heterocycles. The lowest BCUT2D eigenvalue weighted by molar-refractivity contribution is 0.104. The van der Waals surface area contributed by atoms with E-state index in [1.54, 1.807) is 0 Å². The van der Waals surface area contributed by atoms with Gasteiger partial charge in [-0.3, -0.25) is 0 Å². The van der Waals surface area contributed by atoms with E-state index >= 15 is 0 Å². The van der Waals surface area contributed by atoms with Crippen molar-refractivity contribution in [2.75, 3.05) is 13.2 Å². The van der Waals surface area contributed by atoms with Crippen LogP contribution in [0.2, 0.25) is 0 Å². The lowest BCUT2D eigenvalue weighted by atomic mass is 9.84. The molecule has 3 nitrogen and oxygen atoms in total. The Morgan fingerprint density at radius 2 is 1.90 bits per heavy atom. The van der Waals surface area contributed by atoms with Crippen LogP contribution in [0.1, 0.15) is 57.4 Å². The van der Waals surface area contributed by atoms with Gasteiger partial charge in [-0.05, 0) is 30.4 Å². The standard InChI is InChI=1S/C18H29NO2/c1-14(2)19-12-16(20)13-21-18-11-7-6-10-17(18)15-8-4-3-5-9-15/h6-7,10-11,14-16,19-20H,3-5,8-9,12-13H2,1-2H3/t16-/m1/s1. The van der Waals surface area contributed by atoms with Crippen LogP contribution in [-0.4, -0.2) is 30.4 Å². The van der Waals surface area contributed by atoms with E-state index in [1.807, 2.05) is 12.1 Å². The summed E-state index contributed by atoms with van der Waals surface area (Å²) in [6.45, 7) is 5.07. The zero-order chi connectivity index (χ0) is 15.1. The van der Waals surface area contributed by atoms with Crippen molar-refractivity contribution in [2.45, 2.75) is 64.0 Å². The van der Waals surface area contributed by atoms with Crippen LogP contribution in [0.15, 0.2) is 24.3 Å². The van der Waals surface area contributed by atoms with Crippen LogP contribution in [0, 0.1) is 0 Å². The van der Waals surface area contributed by atoms with Crippen LogP contribution in [-0.2, 0) is 0 Å². The van der Waals surface area contributed by atoms with E-state index in [-0.39, 0.29) is 0 Å². The van der Waals surface area contributed by atoms with Crippen molar-refractivity contribution in [3.8, 4) is 5.75 Å². The number of ether oxygens (including phenoxy) is 1. The Kier molecular flexibility index (Phi) is 6.52. The van der Waals surface area contributed by atoms with Crippen molar-refractivity contribution >= 4 is 0 Å².